The van der Waals surface area contributed by atoms with Crippen molar-refractivity contribution in [1.29, 1.82) is 0 Å². The molecule has 0 radical (unpaired) electrons. The summed E-state index contributed by atoms with van der Waals surface area (Å²) in [4.78, 5) is 0. The fourth-order valence-corrected chi connectivity index (χ4v) is 1.50. The van der Waals surface area contributed by atoms with Crippen molar-refractivity contribution < 1.29 is 9.13 Å². The summed E-state index contributed by atoms with van der Waals surface area (Å²) in [5.41, 5.74) is 12.6. The van der Waals surface area contributed by atoms with E-state index in [0.717, 1.165) is 5.56 Å². The Balaban J connectivity index is 2.33. The summed E-state index contributed by atoms with van der Waals surface area (Å²) < 4.78 is 18.9. The molecule has 0 aliphatic heterocycles. The van der Waals surface area contributed by atoms with Crippen molar-refractivity contribution in [2.45, 2.75) is 6.54 Å². The van der Waals surface area contributed by atoms with Gasteiger partial charge < -0.3 is 16.2 Å². The number of ether oxygens (including phenoxy) is 1. The molecule has 0 saturated carbocycles. The highest BCUT2D eigenvalue weighted by molar-refractivity contribution is 5.49. The van der Waals surface area contributed by atoms with Gasteiger partial charge in [0, 0.05) is 17.8 Å². The second kappa shape index (κ2) is 4.84. The molecule has 0 unspecified atom stereocenters. The predicted octanol–water partition coefficient (Wildman–Crippen LogP) is 2.66. The molecule has 0 aliphatic rings. The first kappa shape index (κ1) is 11.4. The Morgan fingerprint density at radius 3 is 2.53 bits per heavy atom. The van der Waals surface area contributed by atoms with Crippen LogP contribution >= 0.6 is 0 Å². The van der Waals surface area contributed by atoms with Crippen LogP contribution in [0, 0.1) is 5.82 Å². The van der Waals surface area contributed by atoms with E-state index >= 15 is 0 Å². The smallest absolute Gasteiger partial charge is 0.165 e. The monoisotopic (exact) mass is 232 g/mol. The van der Waals surface area contributed by atoms with Crippen LogP contribution in [0.1, 0.15) is 5.56 Å². The Kier molecular flexibility index (Phi) is 3.25. The van der Waals surface area contributed by atoms with Crippen LogP contribution in [0.4, 0.5) is 10.1 Å². The van der Waals surface area contributed by atoms with Crippen molar-refractivity contribution in [2.75, 3.05) is 5.73 Å². The third-order valence-electron chi connectivity index (χ3n) is 2.36. The van der Waals surface area contributed by atoms with E-state index in [0.29, 0.717) is 11.4 Å². The zero-order chi connectivity index (χ0) is 12.3. The van der Waals surface area contributed by atoms with Crippen molar-refractivity contribution in [3.63, 3.8) is 0 Å². The van der Waals surface area contributed by atoms with E-state index in [1.807, 2.05) is 0 Å². The molecule has 88 valence electrons. The lowest BCUT2D eigenvalue weighted by Gasteiger charge is -2.11. The molecule has 0 aliphatic carbocycles. The lowest BCUT2D eigenvalue weighted by atomic mass is 10.2. The number of hydrogen-bond donors (Lipinski definition) is 2. The maximum absolute atomic E-state index is 13.4. The van der Waals surface area contributed by atoms with Crippen LogP contribution in [0.25, 0.3) is 0 Å². The molecule has 0 spiro atoms. The highest BCUT2D eigenvalue weighted by atomic mass is 19.1. The summed E-state index contributed by atoms with van der Waals surface area (Å²) in [5, 5.41) is 0. The summed E-state index contributed by atoms with van der Waals surface area (Å²) in [5.74, 6) is 0.283. The molecule has 0 saturated heterocycles. The second-order valence-corrected chi connectivity index (χ2v) is 3.60. The van der Waals surface area contributed by atoms with Gasteiger partial charge in [-0.3, -0.25) is 0 Å². The molecule has 2 rings (SSSR count). The first-order valence-corrected chi connectivity index (χ1v) is 5.21. The van der Waals surface area contributed by atoms with Gasteiger partial charge in [-0.2, -0.15) is 0 Å². The lowest BCUT2D eigenvalue weighted by Crippen LogP contribution is -2.01. The molecule has 0 atom stereocenters. The number of halogens is 1. The average molecular weight is 232 g/mol. The van der Waals surface area contributed by atoms with Gasteiger partial charge in [0.05, 0.1) is 0 Å². The van der Waals surface area contributed by atoms with Crippen molar-refractivity contribution in [2.24, 2.45) is 5.73 Å². The van der Waals surface area contributed by atoms with Gasteiger partial charge in [-0.25, -0.2) is 4.39 Å². The Labute approximate surface area is 98.8 Å². The number of benzene rings is 2. The zero-order valence-corrected chi connectivity index (χ0v) is 9.19. The Morgan fingerprint density at radius 2 is 1.82 bits per heavy atom. The highest BCUT2D eigenvalue weighted by Crippen LogP contribution is 2.28. The van der Waals surface area contributed by atoms with Gasteiger partial charge in [-0.05, 0) is 30.3 Å². The standard InChI is InChI=1S/C13H13FN2O/c14-11-3-1-2-4-13(11)17-12-6-5-10(16)7-9(12)8-15/h1-7H,8,15-16H2. The van der Waals surface area contributed by atoms with Gasteiger partial charge in [-0.1, -0.05) is 12.1 Å². The van der Waals surface area contributed by atoms with Crippen molar-refractivity contribution >= 4 is 5.69 Å². The largest absolute Gasteiger partial charge is 0.454 e. The topological polar surface area (TPSA) is 61.3 Å². The summed E-state index contributed by atoms with van der Waals surface area (Å²) in [6.45, 7) is 0.287. The van der Waals surface area contributed by atoms with Gasteiger partial charge in [0.2, 0.25) is 0 Å². The van der Waals surface area contributed by atoms with E-state index in [1.165, 1.54) is 6.07 Å². The van der Waals surface area contributed by atoms with E-state index in [4.69, 9.17) is 16.2 Å². The van der Waals surface area contributed by atoms with Gasteiger partial charge in [-0.15, -0.1) is 0 Å². The van der Waals surface area contributed by atoms with E-state index in [9.17, 15) is 4.39 Å². The molecule has 4 N–H and O–H groups in total. The van der Waals surface area contributed by atoms with Gasteiger partial charge >= 0.3 is 0 Å². The number of para-hydroxylation sites is 1. The number of anilines is 1. The fourth-order valence-electron chi connectivity index (χ4n) is 1.50. The Bertz CT molecular complexity index is 529. The predicted molar refractivity (Wildman–Crippen MR) is 65.2 cm³/mol. The van der Waals surface area contributed by atoms with Crippen LogP contribution in [0.3, 0.4) is 0 Å². The van der Waals surface area contributed by atoms with Crippen LogP contribution in [0.2, 0.25) is 0 Å². The normalized spacial score (nSPS) is 10.2. The zero-order valence-electron chi connectivity index (χ0n) is 9.19. The van der Waals surface area contributed by atoms with E-state index in [2.05, 4.69) is 0 Å². The minimum absolute atomic E-state index is 0.173. The quantitative estimate of drug-likeness (QED) is 0.800. The SMILES string of the molecule is NCc1cc(N)ccc1Oc1ccccc1F. The molecule has 0 bridgehead atoms. The van der Waals surface area contributed by atoms with Crippen LogP contribution in [0.15, 0.2) is 42.5 Å². The number of nitrogen functional groups attached to an aromatic ring is 1. The van der Waals surface area contributed by atoms with E-state index in [1.54, 1.807) is 36.4 Å². The van der Waals surface area contributed by atoms with Crippen molar-refractivity contribution in [3.8, 4) is 11.5 Å². The first-order valence-electron chi connectivity index (χ1n) is 5.21. The Morgan fingerprint density at radius 1 is 1.06 bits per heavy atom. The summed E-state index contributed by atoms with van der Waals surface area (Å²) in [6, 6.07) is 11.3. The lowest BCUT2D eigenvalue weighted by molar-refractivity contribution is 0.438. The molecule has 0 amide bonds. The van der Waals surface area contributed by atoms with Gasteiger partial charge in [0.1, 0.15) is 5.75 Å². The third kappa shape index (κ3) is 2.54. The van der Waals surface area contributed by atoms with Crippen molar-refractivity contribution in [3.05, 3.63) is 53.8 Å². The molecule has 3 nitrogen and oxygen atoms in total. The van der Waals surface area contributed by atoms with Crippen LogP contribution in [-0.4, -0.2) is 0 Å². The maximum Gasteiger partial charge on any atom is 0.165 e. The molecule has 2 aromatic carbocycles. The van der Waals surface area contributed by atoms with E-state index < -0.39 is 5.82 Å². The van der Waals surface area contributed by atoms with E-state index in [-0.39, 0.29) is 12.3 Å². The number of hydrogen-bond acceptors (Lipinski definition) is 3. The molecule has 0 heterocycles. The summed E-state index contributed by atoms with van der Waals surface area (Å²) in [7, 11) is 0. The fraction of sp³-hybridized carbons (Fsp3) is 0.0769. The maximum atomic E-state index is 13.4. The number of rotatable bonds is 3. The molecule has 0 aromatic heterocycles. The average Bonchev–Trinajstić information content (AvgIpc) is 2.34. The Hall–Kier alpha value is -2.07. The molecule has 17 heavy (non-hydrogen) atoms. The van der Waals surface area contributed by atoms with Gasteiger partial charge in [0.25, 0.3) is 0 Å². The minimum Gasteiger partial charge on any atom is -0.454 e. The van der Waals surface area contributed by atoms with Crippen LogP contribution < -0.4 is 16.2 Å². The number of nitrogens with two attached hydrogens (primary N) is 2. The van der Waals surface area contributed by atoms with Crippen molar-refractivity contribution in [1.82, 2.24) is 0 Å². The van der Waals surface area contributed by atoms with Crippen LogP contribution in [-0.2, 0) is 6.54 Å². The molecule has 0 fully saturated rings. The highest BCUT2D eigenvalue weighted by Gasteiger charge is 2.07. The molecular formula is C13H13FN2O. The van der Waals surface area contributed by atoms with Crippen LogP contribution in [0.5, 0.6) is 11.5 Å². The molecule has 2 aromatic rings. The molecular weight excluding hydrogens is 219 g/mol. The van der Waals surface area contributed by atoms with Gasteiger partial charge in [0.15, 0.2) is 11.6 Å². The second-order valence-electron chi connectivity index (χ2n) is 3.60. The third-order valence-corrected chi connectivity index (χ3v) is 2.36. The summed E-state index contributed by atoms with van der Waals surface area (Å²) >= 11 is 0. The summed E-state index contributed by atoms with van der Waals surface area (Å²) in [6.07, 6.45) is 0. The first-order chi connectivity index (χ1) is 8.20. The minimum atomic E-state index is -0.410. The molecule has 4 heteroatoms.